The molecular weight excluding hydrogens is 367 g/mol. The predicted octanol–water partition coefficient (Wildman–Crippen LogP) is -3.11. The van der Waals surface area contributed by atoms with E-state index in [9.17, 15) is 15.0 Å². The van der Waals surface area contributed by atoms with Crippen LogP contribution in [0.1, 0.15) is 0 Å². The maximum atomic E-state index is 11.9. The zero-order valence-electron chi connectivity index (χ0n) is 10.6. The molecule has 0 amide bonds. The van der Waals surface area contributed by atoms with Crippen LogP contribution >= 0.6 is 11.8 Å². The molecule has 0 aromatic carbocycles. The van der Waals surface area contributed by atoms with Gasteiger partial charge in [-0.1, -0.05) is 0 Å². The van der Waals surface area contributed by atoms with E-state index in [0.29, 0.717) is 10.7 Å². The zero-order chi connectivity index (χ0) is 15.3. The van der Waals surface area contributed by atoms with E-state index >= 15 is 0 Å². The minimum absolute atomic E-state index is 0.0438. The number of anilines is 2. The van der Waals surface area contributed by atoms with Crippen LogP contribution < -0.4 is 16.2 Å². The van der Waals surface area contributed by atoms with Crippen molar-refractivity contribution >= 4 is 39.5 Å². The molecule has 1 saturated heterocycles. The summed E-state index contributed by atoms with van der Waals surface area (Å²) in [7, 11) is 0. The molecule has 0 aliphatic carbocycles. The summed E-state index contributed by atoms with van der Waals surface area (Å²) in [4.78, 5) is 20.3. The molecule has 1 aromatic rings. The number of ether oxygens (including phenoxy) is 1. The summed E-state index contributed by atoms with van der Waals surface area (Å²) >= 11 is 3.57. The molecule has 11 heteroatoms. The van der Waals surface area contributed by atoms with E-state index in [4.69, 9.17) is 15.6 Å². The molecule has 3 heterocycles. The first kappa shape index (κ1) is 15.1. The molecule has 0 spiro atoms. The Morgan fingerprint density at radius 3 is 2.81 bits per heavy atom. The molecule has 21 heavy (non-hydrogen) atoms. The standard InChI is InChI=1S/C10H14N4O5SSe/c11-9-12-6-5(7(18)13-9)20-10(21)14(6)8-4(17)3(16)2(1-15)19-8/h2-4,8,10,15-17,21H,1H2,(H3,11,12,13,18)/t2-,3-,4-,8-,10?/m1/s1. The maximum absolute atomic E-state index is 11.9. The van der Waals surface area contributed by atoms with Crippen molar-refractivity contribution in [1.29, 1.82) is 0 Å². The van der Waals surface area contributed by atoms with Crippen LogP contribution in [0.25, 0.3) is 0 Å². The molecule has 0 bridgehead atoms. The van der Waals surface area contributed by atoms with Gasteiger partial charge in [-0.3, -0.25) is 0 Å². The number of fused-ring (bicyclic) bond motifs is 1. The number of nitrogens with two attached hydrogens (primary N) is 1. The predicted molar refractivity (Wildman–Crippen MR) is 76.3 cm³/mol. The summed E-state index contributed by atoms with van der Waals surface area (Å²) < 4.78 is 5.19. The minimum atomic E-state index is -1.23. The Labute approximate surface area is 131 Å². The molecule has 3 rings (SSSR count). The number of nitrogens with zero attached hydrogens (tertiary/aromatic N) is 2. The number of aliphatic hydroxyl groups is 3. The van der Waals surface area contributed by atoms with Crippen LogP contribution in [0.15, 0.2) is 9.69 Å². The van der Waals surface area contributed by atoms with Gasteiger partial charge in [-0.2, -0.15) is 0 Å². The first-order valence-corrected chi connectivity index (χ1v) is 8.05. The summed E-state index contributed by atoms with van der Waals surface area (Å²) in [6.07, 6.45) is -4.26. The molecule has 116 valence electrons. The Bertz CT molecular complexity index is 616. The Balaban J connectivity index is 2.00. The van der Waals surface area contributed by atoms with E-state index in [1.807, 2.05) is 0 Å². The number of nitrogens with one attached hydrogen (secondary N) is 1. The monoisotopic (exact) mass is 382 g/mol. The quantitative estimate of drug-likeness (QED) is 0.336. The van der Waals surface area contributed by atoms with E-state index in [-0.39, 0.29) is 15.8 Å². The van der Waals surface area contributed by atoms with Gasteiger partial charge >= 0.3 is 131 Å². The summed E-state index contributed by atoms with van der Waals surface area (Å²) in [5, 5.41) is 29.1. The van der Waals surface area contributed by atoms with E-state index < -0.39 is 31.1 Å². The normalized spacial score (nSPS) is 35.2. The van der Waals surface area contributed by atoms with Gasteiger partial charge in [-0.15, -0.1) is 0 Å². The average molecular weight is 381 g/mol. The van der Waals surface area contributed by atoms with Crippen LogP contribution in [0.5, 0.6) is 0 Å². The summed E-state index contributed by atoms with van der Waals surface area (Å²) in [5.74, 6) is 0.249. The molecule has 5 atom stereocenters. The second-order valence-corrected chi connectivity index (χ2v) is 7.56. The topological polar surface area (TPSA) is 145 Å². The first-order chi connectivity index (χ1) is 9.93. The molecule has 1 aromatic heterocycles. The van der Waals surface area contributed by atoms with Crippen molar-refractivity contribution in [2.24, 2.45) is 0 Å². The molecule has 1 fully saturated rings. The fraction of sp³-hybridized carbons (Fsp3) is 0.600. The van der Waals surface area contributed by atoms with Crippen molar-refractivity contribution in [2.45, 2.75) is 33.7 Å². The number of aliphatic hydroxyl groups excluding tert-OH is 3. The number of aromatic nitrogens is 2. The third-order valence-corrected chi connectivity index (χ3v) is 5.60. The van der Waals surface area contributed by atoms with E-state index in [0.717, 1.165) is 0 Å². The molecular formula is C10H14N4O5SSe. The molecule has 9 nitrogen and oxygen atoms in total. The second kappa shape index (κ2) is 5.43. The van der Waals surface area contributed by atoms with Crippen LogP contribution in [0.3, 0.4) is 0 Å². The van der Waals surface area contributed by atoms with Crippen LogP contribution in [0.4, 0.5) is 11.8 Å². The van der Waals surface area contributed by atoms with Crippen LogP contribution in [-0.2, 0) is 4.74 Å². The third kappa shape index (κ3) is 2.34. The van der Waals surface area contributed by atoms with E-state index in [2.05, 4.69) is 26.0 Å². The van der Waals surface area contributed by atoms with Crippen molar-refractivity contribution in [1.82, 2.24) is 9.97 Å². The van der Waals surface area contributed by atoms with Crippen molar-refractivity contribution in [3.05, 3.63) is 10.4 Å². The Morgan fingerprint density at radius 1 is 1.48 bits per heavy atom. The number of hydrogen-bond donors (Lipinski definition) is 5. The van der Waals surface area contributed by atoms with Gasteiger partial charge in [0, 0.05) is 0 Å². The van der Waals surface area contributed by atoms with Crippen molar-refractivity contribution in [2.75, 3.05) is 17.2 Å². The zero-order valence-corrected chi connectivity index (χ0v) is 13.3. The van der Waals surface area contributed by atoms with Gasteiger partial charge in [-0.05, 0) is 0 Å². The fourth-order valence-electron chi connectivity index (χ4n) is 2.37. The molecule has 6 N–H and O–H groups in total. The Kier molecular flexibility index (Phi) is 3.91. The number of nitrogen functional groups attached to an aromatic ring is 1. The fourth-order valence-corrected chi connectivity index (χ4v) is 4.50. The number of hydrogen-bond acceptors (Lipinski definition) is 9. The average Bonchev–Trinajstić information content (AvgIpc) is 2.89. The van der Waals surface area contributed by atoms with Gasteiger partial charge in [0.1, 0.15) is 0 Å². The van der Waals surface area contributed by atoms with Gasteiger partial charge in [0.25, 0.3) is 0 Å². The van der Waals surface area contributed by atoms with Crippen LogP contribution in [0.2, 0.25) is 0 Å². The molecule has 0 radical (unpaired) electrons. The van der Waals surface area contributed by atoms with Crippen LogP contribution in [0, 0.1) is 0 Å². The van der Waals surface area contributed by atoms with Gasteiger partial charge in [-0.25, -0.2) is 0 Å². The first-order valence-electron chi connectivity index (χ1n) is 6.09. The Morgan fingerprint density at radius 2 is 2.19 bits per heavy atom. The van der Waals surface area contributed by atoms with E-state index in [1.165, 1.54) is 11.8 Å². The number of rotatable bonds is 2. The van der Waals surface area contributed by atoms with Gasteiger partial charge in [0.15, 0.2) is 0 Å². The van der Waals surface area contributed by atoms with Crippen molar-refractivity contribution in [3.8, 4) is 0 Å². The van der Waals surface area contributed by atoms with Crippen LogP contribution in [-0.4, -0.2) is 76.7 Å². The van der Waals surface area contributed by atoms with E-state index in [1.54, 1.807) is 4.90 Å². The van der Waals surface area contributed by atoms with Gasteiger partial charge in [0.2, 0.25) is 0 Å². The molecule has 2 aliphatic rings. The second-order valence-electron chi connectivity index (χ2n) is 4.68. The molecule has 0 saturated carbocycles. The number of thioether (sulfide) groups is 1. The SMILES string of the molecule is Nc1nc2c(c(=O)[nH]1)SC([SeH])N2[C@@H]1O[C@H](CO)[C@@H](O)[C@H]1O. The summed E-state index contributed by atoms with van der Waals surface area (Å²) in [6.45, 7) is -0.420. The molecule has 1 unspecified atom stereocenters. The number of H-pyrrole nitrogens is 1. The third-order valence-electron chi connectivity index (χ3n) is 3.37. The molecule has 2 aliphatic heterocycles. The summed E-state index contributed by atoms with van der Waals surface area (Å²) in [6, 6.07) is 0. The van der Waals surface area contributed by atoms with Gasteiger partial charge < -0.3 is 0 Å². The van der Waals surface area contributed by atoms with Gasteiger partial charge in [0.05, 0.1) is 0 Å². The summed E-state index contributed by atoms with van der Waals surface area (Å²) in [5.41, 5.74) is 5.19. The number of aromatic amines is 1. The Hall–Kier alpha value is -0.811. The van der Waals surface area contributed by atoms with Crippen molar-refractivity contribution in [3.63, 3.8) is 0 Å². The van der Waals surface area contributed by atoms with Crippen molar-refractivity contribution < 1.29 is 20.1 Å².